The molecule has 2 N–H and O–H groups in total. The van der Waals surface area contributed by atoms with Crippen molar-refractivity contribution in [3.63, 3.8) is 0 Å². The molecule has 0 unspecified atom stereocenters. The number of aliphatic hydroxyl groups excluding tert-OH is 1. The number of hydrogen-bond acceptors (Lipinski definition) is 7. The van der Waals surface area contributed by atoms with Gasteiger partial charge in [-0.05, 0) is 37.1 Å². The van der Waals surface area contributed by atoms with E-state index in [1.165, 1.54) is 18.7 Å². The van der Waals surface area contributed by atoms with E-state index in [0.29, 0.717) is 23.1 Å². The van der Waals surface area contributed by atoms with Crippen molar-refractivity contribution in [3.05, 3.63) is 35.5 Å². The largest absolute Gasteiger partial charge is 0.495 e. The third-order valence-corrected chi connectivity index (χ3v) is 6.15. The number of aliphatic hydroxyl groups is 1. The van der Waals surface area contributed by atoms with Gasteiger partial charge >= 0.3 is 0 Å². The Balaban J connectivity index is 2.15. The Bertz CT molecular complexity index is 1030. The molecule has 0 radical (unpaired) electrons. The van der Waals surface area contributed by atoms with Crippen molar-refractivity contribution >= 4 is 32.3 Å². The van der Waals surface area contributed by atoms with Crippen LogP contribution in [0, 0.1) is 0 Å². The molecule has 2 aromatic rings. The van der Waals surface area contributed by atoms with Gasteiger partial charge < -0.3 is 15.2 Å². The monoisotopic (exact) mass is 375 g/mol. The lowest BCUT2D eigenvalue weighted by molar-refractivity contribution is 0.319. The number of benzene rings is 1. The highest BCUT2D eigenvalue weighted by Gasteiger charge is 2.22. The van der Waals surface area contributed by atoms with Crippen LogP contribution in [-0.2, 0) is 9.84 Å². The van der Waals surface area contributed by atoms with Gasteiger partial charge in [0, 0.05) is 17.6 Å². The Kier molecular flexibility index (Phi) is 4.97. The number of pyridine rings is 1. The first-order valence-corrected chi connectivity index (χ1v) is 9.81. The lowest BCUT2D eigenvalue weighted by Crippen LogP contribution is -2.13. The van der Waals surface area contributed by atoms with E-state index in [4.69, 9.17) is 9.84 Å². The van der Waals surface area contributed by atoms with Crippen LogP contribution in [0.3, 0.4) is 0 Å². The topological polar surface area (TPSA) is 101 Å². The molecule has 0 saturated heterocycles. The lowest BCUT2D eigenvalue weighted by Gasteiger charge is -2.14. The van der Waals surface area contributed by atoms with E-state index in [2.05, 4.69) is 15.3 Å². The first-order chi connectivity index (χ1) is 12.4. The third-order valence-electron chi connectivity index (χ3n) is 4.44. The normalized spacial score (nSPS) is 14.7. The fourth-order valence-corrected chi connectivity index (χ4v) is 4.00. The number of methoxy groups -OCH3 is 1. The zero-order chi connectivity index (χ0) is 18.9. The summed E-state index contributed by atoms with van der Waals surface area (Å²) in [4.78, 5) is 8.82. The van der Waals surface area contributed by atoms with Crippen LogP contribution in [0.25, 0.3) is 10.9 Å². The highest BCUT2D eigenvalue weighted by atomic mass is 32.2. The maximum absolute atomic E-state index is 12.5. The summed E-state index contributed by atoms with van der Waals surface area (Å²) in [5.41, 5.74) is 3.59. The first-order valence-electron chi connectivity index (χ1n) is 8.16. The molecular formula is C18H21N3O4S. The van der Waals surface area contributed by atoms with Crippen molar-refractivity contribution < 1.29 is 18.3 Å². The highest BCUT2D eigenvalue weighted by Crippen LogP contribution is 2.33. The number of amidine groups is 1. The number of rotatable bonds is 5. The van der Waals surface area contributed by atoms with Gasteiger partial charge in [0.15, 0.2) is 9.84 Å². The zero-order valence-electron chi connectivity index (χ0n) is 14.9. The van der Waals surface area contributed by atoms with Crippen LogP contribution in [0.2, 0.25) is 0 Å². The van der Waals surface area contributed by atoms with Gasteiger partial charge in [0.25, 0.3) is 0 Å². The number of aliphatic imine (C=N–C) groups is 1. The van der Waals surface area contributed by atoms with Crippen molar-refractivity contribution in [3.8, 4) is 5.75 Å². The standard InChI is InChI=1S/C18H21N3O4S/c1-11-10-20-18(12(11)2)21-14-4-5-19-15-9-16(25-3)17(8-13(14)15)26(23,24)7-6-22/h4-5,8-9,22H,6-7,10H2,1-3H3,(H,19,20,21). The molecule has 7 nitrogen and oxygen atoms in total. The molecule has 0 spiro atoms. The summed E-state index contributed by atoms with van der Waals surface area (Å²) in [5, 5.41) is 13.0. The number of ether oxygens (including phenoxy) is 1. The molecule has 0 saturated carbocycles. The van der Waals surface area contributed by atoms with Crippen LogP contribution in [-0.4, -0.2) is 50.4 Å². The summed E-state index contributed by atoms with van der Waals surface area (Å²) in [7, 11) is -2.27. The Morgan fingerprint density at radius 1 is 1.31 bits per heavy atom. The number of nitrogens with zero attached hydrogens (tertiary/aromatic N) is 2. The summed E-state index contributed by atoms with van der Waals surface area (Å²) in [5.74, 6) is 0.609. The van der Waals surface area contributed by atoms with Gasteiger partial charge in [0.05, 0.1) is 37.2 Å². The number of aromatic nitrogens is 1. The minimum atomic E-state index is -3.68. The predicted octanol–water partition coefficient (Wildman–Crippen LogP) is 2.17. The van der Waals surface area contributed by atoms with Crippen molar-refractivity contribution in [1.29, 1.82) is 0 Å². The van der Waals surface area contributed by atoms with Gasteiger partial charge in [0.2, 0.25) is 0 Å². The second kappa shape index (κ2) is 7.05. The highest BCUT2D eigenvalue weighted by molar-refractivity contribution is 7.91. The van der Waals surface area contributed by atoms with Crippen LogP contribution in [0.4, 0.5) is 5.69 Å². The summed E-state index contributed by atoms with van der Waals surface area (Å²) in [6.45, 7) is 4.23. The van der Waals surface area contributed by atoms with E-state index in [0.717, 1.165) is 11.4 Å². The summed E-state index contributed by atoms with van der Waals surface area (Å²) >= 11 is 0. The van der Waals surface area contributed by atoms with Crippen LogP contribution in [0.5, 0.6) is 5.75 Å². The van der Waals surface area contributed by atoms with Gasteiger partial charge in [-0.3, -0.25) is 9.98 Å². The maximum atomic E-state index is 12.5. The summed E-state index contributed by atoms with van der Waals surface area (Å²) < 4.78 is 30.2. The van der Waals surface area contributed by atoms with E-state index in [-0.39, 0.29) is 16.4 Å². The smallest absolute Gasteiger partial charge is 0.184 e. The molecule has 0 fully saturated rings. The average molecular weight is 375 g/mol. The van der Waals surface area contributed by atoms with E-state index in [1.54, 1.807) is 18.3 Å². The van der Waals surface area contributed by atoms with Crippen LogP contribution in [0.1, 0.15) is 13.8 Å². The molecule has 1 aromatic carbocycles. The minimum absolute atomic E-state index is 0.0365. The fraction of sp³-hybridized carbons (Fsp3) is 0.333. The quantitative estimate of drug-likeness (QED) is 0.831. The van der Waals surface area contributed by atoms with Crippen molar-refractivity contribution in [1.82, 2.24) is 4.98 Å². The number of sulfone groups is 1. The van der Waals surface area contributed by atoms with Gasteiger partial charge in [-0.25, -0.2) is 8.42 Å². The van der Waals surface area contributed by atoms with E-state index in [1.807, 2.05) is 13.8 Å². The Morgan fingerprint density at radius 2 is 2.08 bits per heavy atom. The third kappa shape index (κ3) is 3.30. The van der Waals surface area contributed by atoms with Crippen LogP contribution < -0.4 is 10.1 Å². The van der Waals surface area contributed by atoms with Crippen molar-refractivity contribution in [2.75, 3.05) is 31.3 Å². The zero-order valence-corrected chi connectivity index (χ0v) is 15.7. The minimum Gasteiger partial charge on any atom is -0.495 e. The first kappa shape index (κ1) is 18.3. The Morgan fingerprint density at radius 3 is 2.69 bits per heavy atom. The number of nitrogens with one attached hydrogen (secondary N) is 1. The molecule has 2 heterocycles. The molecule has 1 aromatic heterocycles. The Labute approximate surface area is 152 Å². The molecule has 1 aliphatic rings. The van der Waals surface area contributed by atoms with Crippen molar-refractivity contribution in [2.45, 2.75) is 18.7 Å². The van der Waals surface area contributed by atoms with Crippen molar-refractivity contribution in [2.24, 2.45) is 4.99 Å². The lowest BCUT2D eigenvalue weighted by atomic mass is 10.1. The fourth-order valence-electron chi connectivity index (χ4n) is 2.79. The SMILES string of the molecule is COc1cc2nccc(NC3=NCC(C)=C3C)c2cc1S(=O)(=O)CCO. The summed E-state index contributed by atoms with van der Waals surface area (Å²) in [6.07, 6.45) is 1.65. The van der Waals surface area contributed by atoms with Crippen LogP contribution in [0.15, 0.2) is 45.4 Å². The van der Waals surface area contributed by atoms with E-state index < -0.39 is 16.4 Å². The number of fused-ring (bicyclic) bond motifs is 1. The Hall–Kier alpha value is -2.45. The second-order valence-corrected chi connectivity index (χ2v) is 8.19. The molecule has 0 aliphatic carbocycles. The van der Waals surface area contributed by atoms with E-state index >= 15 is 0 Å². The second-order valence-electron chi connectivity index (χ2n) is 6.12. The number of hydrogen-bond donors (Lipinski definition) is 2. The molecule has 0 amide bonds. The van der Waals surface area contributed by atoms with Gasteiger partial charge in [-0.2, -0.15) is 0 Å². The average Bonchev–Trinajstić information content (AvgIpc) is 2.93. The molecule has 26 heavy (non-hydrogen) atoms. The van der Waals surface area contributed by atoms with Gasteiger partial charge in [0.1, 0.15) is 16.5 Å². The molecule has 0 atom stereocenters. The van der Waals surface area contributed by atoms with Gasteiger partial charge in [-0.1, -0.05) is 0 Å². The molecule has 0 bridgehead atoms. The molecular weight excluding hydrogens is 354 g/mol. The van der Waals surface area contributed by atoms with Crippen LogP contribution >= 0.6 is 0 Å². The number of anilines is 1. The molecule has 1 aliphatic heterocycles. The molecule has 3 rings (SSSR count). The maximum Gasteiger partial charge on any atom is 0.184 e. The van der Waals surface area contributed by atoms with E-state index in [9.17, 15) is 8.42 Å². The van der Waals surface area contributed by atoms with Gasteiger partial charge in [-0.15, -0.1) is 0 Å². The molecule has 138 valence electrons. The summed E-state index contributed by atoms with van der Waals surface area (Å²) in [6, 6.07) is 4.91. The molecule has 8 heteroatoms. The predicted molar refractivity (Wildman–Crippen MR) is 102 cm³/mol.